The first-order chi connectivity index (χ1) is 14.3. The van der Waals surface area contributed by atoms with Crippen LogP contribution in [0.4, 0.5) is 13.2 Å². The number of aromatic nitrogens is 2. The van der Waals surface area contributed by atoms with Crippen LogP contribution in [0.3, 0.4) is 0 Å². The van der Waals surface area contributed by atoms with Crippen molar-refractivity contribution < 1.29 is 18.0 Å². The molecule has 30 heavy (non-hydrogen) atoms. The highest BCUT2D eigenvalue weighted by atomic mass is 35.5. The van der Waals surface area contributed by atoms with Gasteiger partial charge in [-0.05, 0) is 31.2 Å². The van der Waals surface area contributed by atoms with E-state index in [4.69, 9.17) is 11.6 Å². The highest BCUT2D eigenvalue weighted by Gasteiger charge is 2.29. The topological polar surface area (TPSA) is 38.1 Å². The zero-order valence-corrected chi connectivity index (χ0v) is 17.1. The molecular formula is C22H21ClF3N3O. The van der Waals surface area contributed by atoms with Gasteiger partial charge in [0.1, 0.15) is 0 Å². The zero-order valence-electron chi connectivity index (χ0n) is 16.4. The Bertz CT molecular complexity index is 985. The number of carbonyl (C=O) groups is 1. The van der Waals surface area contributed by atoms with Crippen molar-refractivity contribution in [3.05, 3.63) is 71.4 Å². The molecule has 1 amide bonds. The summed E-state index contributed by atoms with van der Waals surface area (Å²) in [7, 11) is 0. The minimum atomic E-state index is -4.31. The van der Waals surface area contributed by atoms with Crippen molar-refractivity contribution >= 4 is 17.5 Å². The molecule has 0 N–H and O–H groups in total. The maximum atomic E-state index is 12.7. The average Bonchev–Trinajstić information content (AvgIpc) is 3.12. The molecule has 0 radical (unpaired) electrons. The third-order valence-electron chi connectivity index (χ3n) is 4.67. The van der Waals surface area contributed by atoms with Gasteiger partial charge in [-0.2, -0.15) is 18.3 Å². The lowest BCUT2D eigenvalue weighted by Crippen LogP contribution is -2.35. The number of alkyl halides is 3. The Morgan fingerprint density at radius 2 is 1.77 bits per heavy atom. The van der Waals surface area contributed by atoms with E-state index in [-0.39, 0.29) is 25.4 Å². The van der Waals surface area contributed by atoms with Crippen molar-refractivity contribution in [3.63, 3.8) is 0 Å². The Labute approximate surface area is 177 Å². The minimum absolute atomic E-state index is 0.0451. The lowest BCUT2D eigenvalue weighted by atomic mass is 10.1. The van der Waals surface area contributed by atoms with Crippen LogP contribution in [0.1, 0.15) is 18.9 Å². The summed E-state index contributed by atoms with van der Waals surface area (Å²) in [6.07, 6.45) is -3.63. The van der Waals surface area contributed by atoms with Crippen molar-refractivity contribution in [2.75, 3.05) is 13.1 Å². The van der Waals surface area contributed by atoms with Crippen LogP contribution >= 0.6 is 11.6 Å². The maximum Gasteiger partial charge on any atom is 0.390 e. The summed E-state index contributed by atoms with van der Waals surface area (Å²) in [6.45, 7) is 1.52. The van der Waals surface area contributed by atoms with Gasteiger partial charge in [0.25, 0.3) is 0 Å². The average molecular weight is 436 g/mol. The van der Waals surface area contributed by atoms with Crippen LogP contribution in [0, 0.1) is 0 Å². The number of amides is 1. The second kappa shape index (κ2) is 9.34. The van der Waals surface area contributed by atoms with Gasteiger partial charge in [0, 0.05) is 35.4 Å². The molecule has 0 fully saturated rings. The molecule has 158 valence electrons. The van der Waals surface area contributed by atoms with E-state index in [1.807, 2.05) is 30.3 Å². The summed E-state index contributed by atoms with van der Waals surface area (Å²) in [5.74, 6) is -0.371. The van der Waals surface area contributed by atoms with Crippen molar-refractivity contribution in [3.8, 4) is 16.9 Å². The Balaban J connectivity index is 1.91. The lowest BCUT2D eigenvalue weighted by Gasteiger charge is -2.21. The summed E-state index contributed by atoms with van der Waals surface area (Å²) in [4.78, 5) is 14.0. The molecule has 4 nitrogen and oxygen atoms in total. The Hall–Kier alpha value is -2.80. The Morgan fingerprint density at radius 1 is 1.10 bits per heavy atom. The molecular weight excluding hydrogens is 415 g/mol. The molecule has 2 aromatic carbocycles. The predicted molar refractivity (Wildman–Crippen MR) is 111 cm³/mol. The summed E-state index contributed by atoms with van der Waals surface area (Å²) >= 11 is 5.98. The molecule has 0 saturated heterocycles. The van der Waals surface area contributed by atoms with Gasteiger partial charge in [-0.3, -0.25) is 4.79 Å². The van der Waals surface area contributed by atoms with Gasteiger partial charge in [-0.1, -0.05) is 41.9 Å². The number of halogens is 4. The van der Waals surface area contributed by atoms with Crippen molar-refractivity contribution in [1.82, 2.24) is 14.7 Å². The number of nitrogens with zero attached hydrogens (tertiary/aromatic N) is 3. The molecule has 3 rings (SSSR count). The number of benzene rings is 2. The first-order valence-electron chi connectivity index (χ1n) is 9.51. The fraction of sp³-hybridized carbons (Fsp3) is 0.273. The lowest BCUT2D eigenvalue weighted by molar-refractivity contribution is -0.144. The summed E-state index contributed by atoms with van der Waals surface area (Å²) < 4.78 is 39.4. The zero-order chi connectivity index (χ0) is 21.7. The van der Waals surface area contributed by atoms with E-state index in [9.17, 15) is 18.0 Å². The third kappa shape index (κ3) is 5.63. The van der Waals surface area contributed by atoms with Gasteiger partial charge < -0.3 is 4.90 Å². The van der Waals surface area contributed by atoms with Gasteiger partial charge in [0.05, 0.1) is 24.2 Å². The number of hydrogen-bond acceptors (Lipinski definition) is 2. The molecule has 1 heterocycles. The summed E-state index contributed by atoms with van der Waals surface area (Å²) in [5.41, 5.74) is 2.82. The first-order valence-corrected chi connectivity index (χ1v) is 9.89. The van der Waals surface area contributed by atoms with Crippen LogP contribution in [-0.4, -0.2) is 39.9 Å². The Kier molecular flexibility index (Phi) is 6.82. The molecule has 0 aliphatic carbocycles. The van der Waals surface area contributed by atoms with E-state index in [0.29, 0.717) is 16.3 Å². The Morgan fingerprint density at radius 3 is 2.37 bits per heavy atom. The van der Waals surface area contributed by atoms with Crippen LogP contribution in [0.25, 0.3) is 16.9 Å². The van der Waals surface area contributed by atoms with Crippen LogP contribution in [-0.2, 0) is 11.2 Å². The van der Waals surface area contributed by atoms with Gasteiger partial charge >= 0.3 is 6.18 Å². The molecule has 8 heteroatoms. The fourth-order valence-electron chi connectivity index (χ4n) is 3.10. The molecule has 0 aliphatic heterocycles. The number of rotatable bonds is 7. The predicted octanol–water partition coefficient (Wildman–Crippen LogP) is 5.54. The van der Waals surface area contributed by atoms with Gasteiger partial charge in [-0.25, -0.2) is 4.68 Å². The smallest absolute Gasteiger partial charge is 0.342 e. The van der Waals surface area contributed by atoms with E-state index in [1.54, 1.807) is 42.1 Å². The number of para-hydroxylation sites is 1. The van der Waals surface area contributed by atoms with Crippen LogP contribution in [0.5, 0.6) is 0 Å². The normalized spacial score (nSPS) is 11.5. The highest BCUT2D eigenvalue weighted by Crippen LogP contribution is 2.26. The monoisotopic (exact) mass is 435 g/mol. The van der Waals surface area contributed by atoms with Crippen LogP contribution in [0.15, 0.2) is 60.8 Å². The van der Waals surface area contributed by atoms with Crippen molar-refractivity contribution in [2.45, 2.75) is 25.9 Å². The molecule has 1 aromatic heterocycles. The number of carbonyl (C=O) groups excluding carboxylic acids is 1. The quantitative estimate of drug-likeness (QED) is 0.489. The van der Waals surface area contributed by atoms with Crippen molar-refractivity contribution in [2.24, 2.45) is 0 Å². The minimum Gasteiger partial charge on any atom is -0.342 e. The second-order valence-corrected chi connectivity index (χ2v) is 7.24. The van der Waals surface area contributed by atoms with Crippen molar-refractivity contribution in [1.29, 1.82) is 0 Å². The van der Waals surface area contributed by atoms with E-state index in [1.165, 1.54) is 4.90 Å². The van der Waals surface area contributed by atoms with Crippen LogP contribution < -0.4 is 0 Å². The molecule has 0 atom stereocenters. The van der Waals surface area contributed by atoms with Crippen LogP contribution in [0.2, 0.25) is 5.02 Å². The first kappa shape index (κ1) is 21.9. The molecule has 0 bridgehead atoms. The number of hydrogen-bond donors (Lipinski definition) is 0. The fourth-order valence-corrected chi connectivity index (χ4v) is 3.22. The van der Waals surface area contributed by atoms with Gasteiger partial charge in [0.15, 0.2) is 0 Å². The highest BCUT2D eigenvalue weighted by molar-refractivity contribution is 6.30. The van der Waals surface area contributed by atoms with E-state index < -0.39 is 12.6 Å². The molecule has 0 aliphatic rings. The summed E-state index contributed by atoms with van der Waals surface area (Å²) in [6, 6.07) is 16.5. The SMILES string of the molecule is CCN(CCC(F)(F)F)C(=O)Cc1cn(-c2ccccc2)nc1-c1ccc(Cl)cc1. The molecule has 3 aromatic rings. The molecule has 0 unspecified atom stereocenters. The second-order valence-electron chi connectivity index (χ2n) is 6.81. The van der Waals surface area contributed by atoms with E-state index >= 15 is 0 Å². The van der Waals surface area contributed by atoms with Gasteiger partial charge in [-0.15, -0.1) is 0 Å². The standard InChI is InChI=1S/C22H21ClF3N3O/c1-2-28(13-12-22(24,25)26)20(30)14-17-15-29(19-6-4-3-5-7-19)27-21(17)16-8-10-18(23)11-9-16/h3-11,15H,2,12-14H2,1H3. The largest absolute Gasteiger partial charge is 0.390 e. The summed E-state index contributed by atoms with van der Waals surface area (Å²) in [5, 5.41) is 5.20. The molecule has 0 spiro atoms. The number of likely N-dealkylation sites (N-methyl/N-ethyl adjacent to an activating group) is 1. The third-order valence-corrected chi connectivity index (χ3v) is 4.92. The van der Waals surface area contributed by atoms with Gasteiger partial charge in [0.2, 0.25) is 5.91 Å². The maximum absolute atomic E-state index is 12.7. The van der Waals surface area contributed by atoms with E-state index in [0.717, 1.165) is 11.3 Å². The van der Waals surface area contributed by atoms with E-state index in [2.05, 4.69) is 5.10 Å². The molecule has 0 saturated carbocycles.